The molecule has 3 aromatic rings. The second-order valence-electron chi connectivity index (χ2n) is 6.07. The Morgan fingerprint density at radius 1 is 0.840 bits per heavy atom. The molecule has 0 aromatic heterocycles. The van der Waals surface area contributed by atoms with E-state index in [2.05, 4.69) is 0 Å². The maximum Gasteiger partial charge on any atom is 0.170 e. The fraction of sp³-hybridized carbons (Fsp3) is 0.136. The lowest BCUT2D eigenvalue weighted by molar-refractivity contribution is 0.0965. The largest absolute Gasteiger partial charge is 0.294 e. The van der Waals surface area contributed by atoms with Crippen molar-refractivity contribution in [2.75, 3.05) is 0 Å². The summed E-state index contributed by atoms with van der Waals surface area (Å²) in [6.07, 6.45) is 0. The minimum atomic E-state index is -1.31. The molecule has 3 aromatic carbocycles. The van der Waals surface area contributed by atoms with Crippen LogP contribution in [0.25, 0.3) is 0 Å². The third-order valence-corrected chi connectivity index (χ3v) is 5.74. The van der Waals surface area contributed by atoms with Crippen molar-refractivity contribution in [3.63, 3.8) is 0 Å². The SMILES string of the molecule is Cc1ccc([S@](=O)c2ccccc2[C@H](C)C(=O)c2ccccc2)cc1. The van der Waals surface area contributed by atoms with Crippen LogP contribution in [0.3, 0.4) is 0 Å². The highest BCUT2D eigenvalue weighted by atomic mass is 32.2. The van der Waals surface area contributed by atoms with Crippen LogP contribution in [0.4, 0.5) is 0 Å². The molecule has 0 aliphatic rings. The van der Waals surface area contributed by atoms with Crippen molar-refractivity contribution in [3.05, 3.63) is 95.6 Å². The van der Waals surface area contributed by atoms with E-state index in [1.165, 1.54) is 0 Å². The monoisotopic (exact) mass is 348 g/mol. The van der Waals surface area contributed by atoms with Gasteiger partial charge in [0.2, 0.25) is 0 Å². The summed E-state index contributed by atoms with van der Waals surface area (Å²) in [5, 5.41) is 0. The van der Waals surface area contributed by atoms with Crippen molar-refractivity contribution in [2.45, 2.75) is 29.6 Å². The van der Waals surface area contributed by atoms with E-state index in [0.717, 1.165) is 16.0 Å². The van der Waals surface area contributed by atoms with Gasteiger partial charge in [-0.05, 0) is 30.7 Å². The molecule has 0 spiro atoms. The molecule has 2 nitrogen and oxygen atoms in total. The average molecular weight is 348 g/mol. The number of hydrogen-bond donors (Lipinski definition) is 0. The molecule has 3 heteroatoms. The predicted octanol–water partition coefficient (Wildman–Crippen LogP) is 5.15. The summed E-state index contributed by atoms with van der Waals surface area (Å²) in [6, 6.07) is 24.4. The standard InChI is InChI=1S/C22H20O2S/c1-16-12-14-19(15-13-16)25(24)21-11-7-6-10-20(21)17(2)22(23)18-8-4-3-5-9-18/h3-15,17H,1-2H3/t17-,25-/m0/s1. The lowest BCUT2D eigenvalue weighted by Crippen LogP contribution is -2.12. The number of ketones is 1. The fourth-order valence-electron chi connectivity index (χ4n) is 2.79. The first-order valence-corrected chi connectivity index (χ1v) is 9.39. The summed E-state index contributed by atoms with van der Waals surface area (Å²) in [4.78, 5) is 14.2. The summed E-state index contributed by atoms with van der Waals surface area (Å²) < 4.78 is 13.0. The molecule has 0 saturated carbocycles. The van der Waals surface area contributed by atoms with Crippen LogP contribution in [0.5, 0.6) is 0 Å². The van der Waals surface area contributed by atoms with Gasteiger partial charge in [0.05, 0.1) is 10.8 Å². The van der Waals surface area contributed by atoms with Crippen LogP contribution in [0, 0.1) is 6.92 Å². The van der Waals surface area contributed by atoms with Crippen molar-refractivity contribution in [1.29, 1.82) is 0 Å². The van der Waals surface area contributed by atoms with E-state index >= 15 is 0 Å². The molecule has 126 valence electrons. The van der Waals surface area contributed by atoms with Gasteiger partial charge in [-0.1, -0.05) is 73.2 Å². The summed E-state index contributed by atoms with van der Waals surface area (Å²) in [6.45, 7) is 3.88. The van der Waals surface area contributed by atoms with Crippen LogP contribution in [0.1, 0.15) is 34.3 Å². The second-order valence-corrected chi connectivity index (χ2v) is 7.52. The highest BCUT2D eigenvalue weighted by Crippen LogP contribution is 2.28. The summed E-state index contributed by atoms with van der Waals surface area (Å²) in [7, 11) is -1.31. The Morgan fingerprint density at radius 2 is 1.44 bits per heavy atom. The van der Waals surface area contributed by atoms with E-state index in [4.69, 9.17) is 0 Å². The summed E-state index contributed by atoms with van der Waals surface area (Å²) in [5.74, 6) is -0.318. The number of carbonyl (C=O) groups excluding carboxylic acids is 1. The predicted molar refractivity (Wildman–Crippen MR) is 101 cm³/mol. The zero-order valence-corrected chi connectivity index (χ0v) is 15.1. The molecule has 2 atom stereocenters. The van der Waals surface area contributed by atoms with Gasteiger partial charge in [0.15, 0.2) is 5.78 Å². The van der Waals surface area contributed by atoms with Gasteiger partial charge in [-0.15, -0.1) is 0 Å². The van der Waals surface area contributed by atoms with E-state index in [-0.39, 0.29) is 11.7 Å². The maximum atomic E-state index is 13.0. The smallest absolute Gasteiger partial charge is 0.170 e. The van der Waals surface area contributed by atoms with Gasteiger partial charge in [-0.2, -0.15) is 0 Å². The van der Waals surface area contributed by atoms with Gasteiger partial charge in [0.1, 0.15) is 0 Å². The van der Waals surface area contributed by atoms with Crippen molar-refractivity contribution in [2.24, 2.45) is 0 Å². The van der Waals surface area contributed by atoms with Gasteiger partial charge < -0.3 is 0 Å². The van der Waals surface area contributed by atoms with Gasteiger partial charge >= 0.3 is 0 Å². The fourth-order valence-corrected chi connectivity index (χ4v) is 4.09. The topological polar surface area (TPSA) is 34.1 Å². The highest BCUT2D eigenvalue weighted by molar-refractivity contribution is 7.85. The number of aryl methyl sites for hydroxylation is 1. The zero-order chi connectivity index (χ0) is 17.8. The first-order chi connectivity index (χ1) is 12.1. The second kappa shape index (κ2) is 7.58. The van der Waals surface area contributed by atoms with Gasteiger partial charge in [-0.3, -0.25) is 4.79 Å². The first-order valence-electron chi connectivity index (χ1n) is 8.24. The van der Waals surface area contributed by atoms with Crippen LogP contribution < -0.4 is 0 Å². The molecule has 0 aliphatic carbocycles. The third kappa shape index (κ3) is 3.77. The van der Waals surface area contributed by atoms with Gasteiger partial charge in [-0.25, -0.2) is 4.21 Å². The van der Waals surface area contributed by atoms with E-state index in [9.17, 15) is 9.00 Å². The molecule has 3 rings (SSSR count). The molecule has 0 saturated heterocycles. The lowest BCUT2D eigenvalue weighted by atomic mass is 9.92. The molecule has 0 heterocycles. The molecule has 0 bridgehead atoms. The Kier molecular flexibility index (Phi) is 5.25. The highest BCUT2D eigenvalue weighted by Gasteiger charge is 2.22. The third-order valence-electron chi connectivity index (χ3n) is 4.27. The Morgan fingerprint density at radius 3 is 2.12 bits per heavy atom. The average Bonchev–Trinajstić information content (AvgIpc) is 2.67. The summed E-state index contributed by atoms with van der Waals surface area (Å²) in [5.41, 5.74) is 2.61. The molecule has 0 N–H and O–H groups in total. The number of Topliss-reactive ketones (excluding diaryl/α,β-unsaturated/α-hetero) is 1. The molecular formula is C22H20O2S. The maximum absolute atomic E-state index is 13.0. The molecule has 0 amide bonds. The van der Waals surface area contributed by atoms with Crippen LogP contribution in [0.15, 0.2) is 88.7 Å². The van der Waals surface area contributed by atoms with E-state index in [0.29, 0.717) is 10.5 Å². The molecule has 0 radical (unpaired) electrons. The van der Waals surface area contributed by atoms with Crippen molar-refractivity contribution in [1.82, 2.24) is 0 Å². The number of rotatable bonds is 5. The Bertz CT molecular complexity index is 899. The number of carbonyl (C=O) groups is 1. The zero-order valence-electron chi connectivity index (χ0n) is 14.3. The van der Waals surface area contributed by atoms with E-state index in [1.807, 2.05) is 92.7 Å². The van der Waals surface area contributed by atoms with E-state index in [1.54, 1.807) is 0 Å². The minimum Gasteiger partial charge on any atom is -0.294 e. The van der Waals surface area contributed by atoms with Gasteiger partial charge in [0.25, 0.3) is 0 Å². The molecular weight excluding hydrogens is 328 g/mol. The molecule has 0 unspecified atom stereocenters. The molecule has 0 fully saturated rings. The van der Waals surface area contributed by atoms with Crippen LogP contribution in [-0.4, -0.2) is 9.99 Å². The molecule has 25 heavy (non-hydrogen) atoms. The van der Waals surface area contributed by atoms with Crippen LogP contribution >= 0.6 is 0 Å². The Labute approximate surface area is 151 Å². The summed E-state index contributed by atoms with van der Waals surface area (Å²) >= 11 is 0. The van der Waals surface area contributed by atoms with E-state index < -0.39 is 10.8 Å². The minimum absolute atomic E-state index is 0.0361. The lowest BCUT2D eigenvalue weighted by Gasteiger charge is -2.15. The van der Waals surface area contributed by atoms with Crippen molar-refractivity contribution < 1.29 is 9.00 Å². The van der Waals surface area contributed by atoms with Crippen LogP contribution in [-0.2, 0) is 10.8 Å². The quantitative estimate of drug-likeness (QED) is 0.598. The number of hydrogen-bond acceptors (Lipinski definition) is 2. The van der Waals surface area contributed by atoms with Gasteiger partial charge in [0, 0.05) is 21.3 Å². The van der Waals surface area contributed by atoms with Crippen LogP contribution in [0.2, 0.25) is 0 Å². The normalized spacial score (nSPS) is 13.2. The molecule has 0 aliphatic heterocycles. The Balaban J connectivity index is 1.97. The van der Waals surface area contributed by atoms with Crippen molar-refractivity contribution >= 4 is 16.6 Å². The van der Waals surface area contributed by atoms with Crippen molar-refractivity contribution in [3.8, 4) is 0 Å². The first kappa shape index (κ1) is 17.3. The number of benzene rings is 3. The Hall–Kier alpha value is -2.52.